The van der Waals surface area contributed by atoms with E-state index in [9.17, 15) is 26.4 Å². The first-order chi connectivity index (χ1) is 9.12. The highest BCUT2D eigenvalue weighted by molar-refractivity contribution is 7.88. The van der Waals surface area contributed by atoms with Crippen LogP contribution in [0.2, 0.25) is 5.02 Å². The summed E-state index contributed by atoms with van der Waals surface area (Å²) in [5.74, 6) is -0.697. The molecule has 0 fully saturated rings. The van der Waals surface area contributed by atoms with E-state index in [-0.39, 0.29) is 15.9 Å². The largest absolute Gasteiger partial charge is 0.534 e. The van der Waals surface area contributed by atoms with Crippen LogP contribution in [0.15, 0.2) is 29.1 Å². The Morgan fingerprint density at radius 3 is 2.40 bits per heavy atom. The quantitative estimate of drug-likeness (QED) is 0.679. The molecular weight excluding hydrogens is 323 g/mol. The van der Waals surface area contributed by atoms with Gasteiger partial charge in [0.05, 0.1) is 10.5 Å². The zero-order valence-electron chi connectivity index (χ0n) is 9.36. The Morgan fingerprint density at radius 2 is 1.80 bits per heavy atom. The highest BCUT2D eigenvalue weighted by Gasteiger charge is 2.49. The van der Waals surface area contributed by atoms with Crippen molar-refractivity contribution in [2.24, 2.45) is 0 Å². The summed E-state index contributed by atoms with van der Waals surface area (Å²) in [6, 6.07) is 4.54. The maximum atomic E-state index is 12.3. The normalized spacial score (nSPS) is 12.6. The Balaban J connectivity index is 2.66. The lowest BCUT2D eigenvalue weighted by Gasteiger charge is -2.12. The summed E-state index contributed by atoms with van der Waals surface area (Å²) in [5, 5.41) is -0.401. The monoisotopic (exact) mass is 327 g/mol. The second-order valence-corrected chi connectivity index (χ2v) is 5.59. The summed E-state index contributed by atoms with van der Waals surface area (Å²) in [7, 11) is -5.85. The van der Waals surface area contributed by atoms with E-state index in [0.29, 0.717) is 0 Å². The van der Waals surface area contributed by atoms with E-state index in [4.69, 9.17) is 11.6 Å². The first-order valence-electron chi connectivity index (χ1n) is 4.94. The van der Waals surface area contributed by atoms with E-state index in [1.165, 1.54) is 6.07 Å². The summed E-state index contributed by atoms with van der Waals surface area (Å²) in [6.07, 6.45) is 0. The zero-order chi connectivity index (χ0) is 15.1. The van der Waals surface area contributed by atoms with Crippen molar-refractivity contribution in [2.45, 2.75) is 5.51 Å². The number of alkyl halides is 3. The van der Waals surface area contributed by atoms with E-state index in [2.05, 4.69) is 9.17 Å². The number of fused-ring (bicyclic) bond motifs is 1. The summed E-state index contributed by atoms with van der Waals surface area (Å²) < 4.78 is 63.0. The Hall–Kier alpha value is -1.74. The van der Waals surface area contributed by atoms with Crippen LogP contribution >= 0.6 is 11.6 Å². The summed E-state index contributed by atoms with van der Waals surface area (Å²) in [6.45, 7) is 0. The van der Waals surface area contributed by atoms with Crippen LogP contribution in [0.5, 0.6) is 5.75 Å². The van der Waals surface area contributed by atoms with Crippen molar-refractivity contribution in [2.75, 3.05) is 0 Å². The van der Waals surface area contributed by atoms with Gasteiger partial charge in [0, 0.05) is 11.5 Å². The zero-order valence-corrected chi connectivity index (χ0v) is 10.9. The van der Waals surface area contributed by atoms with Gasteiger partial charge in [-0.05, 0) is 18.2 Å². The third kappa shape index (κ3) is 2.59. The Kier molecular flexibility index (Phi) is 3.42. The third-order valence-corrected chi connectivity index (χ3v) is 3.53. The highest BCUT2D eigenvalue weighted by Crippen LogP contribution is 2.36. The van der Waals surface area contributed by atoms with Crippen molar-refractivity contribution < 1.29 is 25.8 Å². The fraction of sp³-hybridized carbons (Fsp3) is 0.100. The van der Waals surface area contributed by atoms with Crippen molar-refractivity contribution in [1.29, 1.82) is 0 Å². The number of aromatic nitrogens is 1. The standard InChI is InChI=1S/C10H5ClF3NO4S/c11-6-2-3-7-5(1-4-8(16)15-7)9(6)19-20(17,18)10(12,13)14/h1-4H,(H,15,16). The summed E-state index contributed by atoms with van der Waals surface area (Å²) >= 11 is 5.65. The molecule has 1 heterocycles. The van der Waals surface area contributed by atoms with Gasteiger partial charge in [0.1, 0.15) is 0 Å². The fourth-order valence-electron chi connectivity index (χ4n) is 1.42. The van der Waals surface area contributed by atoms with Gasteiger partial charge in [0.15, 0.2) is 5.75 Å². The molecule has 1 N–H and O–H groups in total. The Morgan fingerprint density at radius 1 is 1.15 bits per heavy atom. The molecule has 0 aliphatic heterocycles. The van der Waals surface area contributed by atoms with Crippen molar-refractivity contribution in [3.63, 3.8) is 0 Å². The molecule has 0 atom stereocenters. The molecule has 0 unspecified atom stereocenters. The van der Waals surface area contributed by atoms with Gasteiger partial charge in [0.25, 0.3) is 0 Å². The van der Waals surface area contributed by atoms with Crippen LogP contribution < -0.4 is 9.74 Å². The molecule has 0 amide bonds. The second-order valence-electron chi connectivity index (χ2n) is 3.64. The topological polar surface area (TPSA) is 76.2 Å². The molecule has 2 aromatic rings. The van der Waals surface area contributed by atoms with Crippen LogP contribution in [-0.2, 0) is 10.1 Å². The lowest BCUT2D eigenvalue weighted by Crippen LogP contribution is -2.28. The van der Waals surface area contributed by atoms with Gasteiger partial charge in [0.2, 0.25) is 5.56 Å². The molecule has 0 aliphatic rings. The van der Waals surface area contributed by atoms with E-state index in [0.717, 1.165) is 18.2 Å². The predicted molar refractivity (Wildman–Crippen MR) is 65.2 cm³/mol. The van der Waals surface area contributed by atoms with Crippen LogP contribution in [-0.4, -0.2) is 18.9 Å². The van der Waals surface area contributed by atoms with Crippen molar-refractivity contribution in [3.05, 3.63) is 39.6 Å². The molecule has 10 heteroatoms. The van der Waals surface area contributed by atoms with Crippen LogP contribution in [0.1, 0.15) is 0 Å². The van der Waals surface area contributed by atoms with Gasteiger partial charge < -0.3 is 9.17 Å². The maximum Gasteiger partial charge on any atom is 0.534 e. The van der Waals surface area contributed by atoms with Crippen LogP contribution in [0.4, 0.5) is 13.2 Å². The van der Waals surface area contributed by atoms with Crippen molar-refractivity contribution in [1.82, 2.24) is 4.98 Å². The molecule has 0 spiro atoms. The number of pyridine rings is 1. The molecule has 0 radical (unpaired) electrons. The molecule has 20 heavy (non-hydrogen) atoms. The number of hydrogen-bond donors (Lipinski definition) is 1. The molecule has 2 rings (SSSR count). The van der Waals surface area contributed by atoms with E-state index in [1.807, 2.05) is 0 Å². The average molecular weight is 328 g/mol. The van der Waals surface area contributed by atoms with Crippen molar-refractivity contribution >= 4 is 32.6 Å². The minimum absolute atomic E-state index is 0.0649. The predicted octanol–water partition coefficient (Wildman–Crippen LogP) is 2.41. The molecule has 0 aliphatic carbocycles. The van der Waals surface area contributed by atoms with E-state index in [1.54, 1.807) is 0 Å². The average Bonchev–Trinajstić information content (AvgIpc) is 2.31. The van der Waals surface area contributed by atoms with Crippen molar-refractivity contribution in [3.8, 4) is 5.75 Å². The van der Waals surface area contributed by atoms with Gasteiger partial charge in [-0.3, -0.25) is 4.79 Å². The SMILES string of the molecule is O=c1ccc2c(OS(=O)(=O)C(F)(F)F)c(Cl)ccc2[nH]1. The molecule has 1 aromatic heterocycles. The smallest absolute Gasteiger partial charge is 0.374 e. The molecule has 0 saturated carbocycles. The number of benzene rings is 1. The van der Waals surface area contributed by atoms with E-state index < -0.39 is 26.9 Å². The van der Waals surface area contributed by atoms with Gasteiger partial charge in [-0.15, -0.1) is 0 Å². The second kappa shape index (κ2) is 4.67. The van der Waals surface area contributed by atoms with Gasteiger partial charge in [-0.1, -0.05) is 11.6 Å². The van der Waals surface area contributed by atoms with E-state index >= 15 is 0 Å². The Bertz CT molecular complexity index is 828. The number of hydrogen-bond acceptors (Lipinski definition) is 4. The maximum absolute atomic E-state index is 12.3. The van der Waals surface area contributed by atoms with Crippen LogP contribution in [0, 0.1) is 0 Å². The number of rotatable bonds is 2. The highest BCUT2D eigenvalue weighted by atomic mass is 35.5. The molecular formula is C10H5ClF3NO4S. The minimum atomic E-state index is -5.85. The fourth-order valence-corrected chi connectivity index (χ4v) is 2.17. The third-order valence-electron chi connectivity index (χ3n) is 2.28. The first kappa shape index (κ1) is 14.7. The summed E-state index contributed by atoms with van der Waals surface area (Å²) in [5.41, 5.74) is -6.00. The number of aromatic amines is 1. The lowest BCUT2D eigenvalue weighted by molar-refractivity contribution is -0.0499. The number of H-pyrrole nitrogens is 1. The molecule has 0 bridgehead atoms. The molecule has 1 aromatic carbocycles. The number of nitrogens with one attached hydrogen (secondary N) is 1. The lowest BCUT2D eigenvalue weighted by atomic mass is 10.2. The first-order valence-corrected chi connectivity index (χ1v) is 6.73. The van der Waals surface area contributed by atoms with Crippen LogP contribution in [0.25, 0.3) is 10.9 Å². The van der Waals surface area contributed by atoms with Crippen LogP contribution in [0.3, 0.4) is 0 Å². The minimum Gasteiger partial charge on any atom is -0.374 e. The summed E-state index contributed by atoms with van der Waals surface area (Å²) in [4.78, 5) is 13.4. The van der Waals surface area contributed by atoms with Gasteiger partial charge in [-0.25, -0.2) is 0 Å². The van der Waals surface area contributed by atoms with Gasteiger partial charge in [-0.2, -0.15) is 21.6 Å². The van der Waals surface area contributed by atoms with Gasteiger partial charge >= 0.3 is 15.6 Å². The molecule has 5 nitrogen and oxygen atoms in total. The Labute approximate surface area is 115 Å². The number of halogens is 4. The molecule has 108 valence electrons. The molecule has 0 saturated heterocycles.